The van der Waals surface area contributed by atoms with E-state index in [0.717, 1.165) is 22.1 Å². The minimum absolute atomic E-state index is 0.194. The fraction of sp³-hybridized carbons (Fsp3) is 0.333. The molecule has 0 spiro atoms. The van der Waals surface area contributed by atoms with Gasteiger partial charge in [-0.25, -0.2) is 0 Å². The van der Waals surface area contributed by atoms with Gasteiger partial charge in [-0.1, -0.05) is 53.6 Å². The first-order chi connectivity index (χ1) is 8.63. The number of hydrogen-bond acceptors (Lipinski definition) is 4. The van der Waals surface area contributed by atoms with Gasteiger partial charge < -0.3 is 5.32 Å². The van der Waals surface area contributed by atoms with Gasteiger partial charge in [0.15, 0.2) is 0 Å². The minimum atomic E-state index is 0.194. The van der Waals surface area contributed by atoms with E-state index in [0.29, 0.717) is 10.0 Å². The second-order valence-electron chi connectivity index (χ2n) is 3.83. The van der Waals surface area contributed by atoms with Gasteiger partial charge in [0, 0.05) is 5.56 Å². The summed E-state index contributed by atoms with van der Waals surface area (Å²) in [7, 11) is 0. The number of rotatable bonds is 4. The zero-order valence-electron chi connectivity index (χ0n) is 10.1. The van der Waals surface area contributed by atoms with Crippen LogP contribution in [0.5, 0.6) is 0 Å². The maximum atomic E-state index is 6.17. The van der Waals surface area contributed by atoms with Crippen molar-refractivity contribution in [1.29, 1.82) is 0 Å². The van der Waals surface area contributed by atoms with Crippen LogP contribution in [-0.2, 0) is 0 Å². The third kappa shape index (κ3) is 2.83. The molecule has 0 bridgehead atoms. The average Bonchev–Trinajstić information content (AvgIpc) is 2.82. The summed E-state index contributed by atoms with van der Waals surface area (Å²) in [6.07, 6.45) is 0. The lowest BCUT2D eigenvalue weighted by molar-refractivity contribution is 0.590. The molecule has 18 heavy (non-hydrogen) atoms. The highest BCUT2D eigenvalue weighted by molar-refractivity contribution is 7.14. The summed E-state index contributed by atoms with van der Waals surface area (Å²) in [5.74, 6) is 0. The number of nitrogens with zero attached hydrogens (tertiary/aromatic N) is 2. The molecule has 0 fully saturated rings. The standard InChI is InChI=1S/C12H13Cl2N3S/c1-3-15-7(2)11-16-17-12(18-11)8-5-4-6-9(13)10(8)14/h4-7,15H,3H2,1-2H3. The van der Waals surface area contributed by atoms with Crippen LogP contribution in [0.2, 0.25) is 10.0 Å². The molecule has 96 valence electrons. The number of aromatic nitrogens is 2. The van der Waals surface area contributed by atoms with Gasteiger partial charge in [0.05, 0.1) is 16.1 Å². The van der Waals surface area contributed by atoms with Gasteiger partial charge in [-0.05, 0) is 19.5 Å². The van der Waals surface area contributed by atoms with E-state index in [4.69, 9.17) is 23.2 Å². The van der Waals surface area contributed by atoms with E-state index in [2.05, 4.69) is 29.4 Å². The molecule has 1 heterocycles. The zero-order chi connectivity index (χ0) is 13.1. The molecule has 0 aliphatic heterocycles. The monoisotopic (exact) mass is 301 g/mol. The molecule has 1 aromatic carbocycles. The Morgan fingerprint density at radius 2 is 2.11 bits per heavy atom. The Morgan fingerprint density at radius 3 is 2.83 bits per heavy atom. The van der Waals surface area contributed by atoms with Crippen LogP contribution in [0.3, 0.4) is 0 Å². The quantitative estimate of drug-likeness (QED) is 0.920. The van der Waals surface area contributed by atoms with Gasteiger partial charge in [0.1, 0.15) is 10.0 Å². The van der Waals surface area contributed by atoms with Crippen LogP contribution in [-0.4, -0.2) is 16.7 Å². The van der Waals surface area contributed by atoms with Crippen LogP contribution in [0.15, 0.2) is 18.2 Å². The SMILES string of the molecule is CCNC(C)c1nnc(-c2cccc(Cl)c2Cl)s1. The summed E-state index contributed by atoms with van der Waals surface area (Å²) in [6, 6.07) is 5.71. The number of halogens is 2. The van der Waals surface area contributed by atoms with Gasteiger partial charge >= 0.3 is 0 Å². The molecule has 0 aliphatic rings. The molecular weight excluding hydrogens is 289 g/mol. The Morgan fingerprint density at radius 1 is 1.33 bits per heavy atom. The topological polar surface area (TPSA) is 37.8 Å². The lowest BCUT2D eigenvalue weighted by Gasteiger charge is -2.06. The van der Waals surface area contributed by atoms with Crippen LogP contribution in [0.4, 0.5) is 0 Å². The maximum absolute atomic E-state index is 6.17. The summed E-state index contributed by atoms with van der Waals surface area (Å²) in [4.78, 5) is 0. The second-order valence-corrected chi connectivity index (χ2v) is 5.62. The summed E-state index contributed by atoms with van der Waals surface area (Å²) in [6.45, 7) is 5.02. The molecule has 1 N–H and O–H groups in total. The Bertz CT molecular complexity index is 542. The van der Waals surface area contributed by atoms with E-state index < -0.39 is 0 Å². The van der Waals surface area contributed by atoms with Crippen molar-refractivity contribution >= 4 is 34.5 Å². The Hall–Kier alpha value is -0.680. The molecule has 0 amide bonds. The zero-order valence-corrected chi connectivity index (χ0v) is 12.4. The fourth-order valence-corrected chi connectivity index (χ4v) is 2.93. The predicted octanol–water partition coefficient (Wildman–Crippen LogP) is 4.18. The van der Waals surface area contributed by atoms with E-state index in [1.807, 2.05) is 12.1 Å². The number of benzene rings is 1. The molecule has 1 unspecified atom stereocenters. The molecule has 2 rings (SSSR count). The van der Waals surface area contributed by atoms with E-state index in [9.17, 15) is 0 Å². The molecule has 6 heteroatoms. The Kier molecular flexibility index (Phi) is 4.56. The molecule has 0 saturated carbocycles. The summed E-state index contributed by atoms with van der Waals surface area (Å²) in [5.41, 5.74) is 0.830. The van der Waals surface area contributed by atoms with E-state index in [1.165, 1.54) is 11.3 Å². The lowest BCUT2D eigenvalue weighted by atomic mass is 10.2. The van der Waals surface area contributed by atoms with Crippen molar-refractivity contribution in [3.8, 4) is 10.6 Å². The van der Waals surface area contributed by atoms with Crippen molar-refractivity contribution in [3.63, 3.8) is 0 Å². The second kappa shape index (κ2) is 5.97. The van der Waals surface area contributed by atoms with Crippen LogP contribution in [0.1, 0.15) is 24.9 Å². The summed E-state index contributed by atoms with van der Waals surface area (Å²) >= 11 is 13.7. The molecule has 0 radical (unpaired) electrons. The molecule has 1 aromatic heterocycles. The van der Waals surface area contributed by atoms with Crippen molar-refractivity contribution in [3.05, 3.63) is 33.3 Å². The largest absolute Gasteiger partial charge is 0.308 e. The van der Waals surface area contributed by atoms with Crippen LogP contribution < -0.4 is 5.32 Å². The van der Waals surface area contributed by atoms with Gasteiger partial charge in [0.2, 0.25) is 0 Å². The number of nitrogens with one attached hydrogen (secondary N) is 1. The van der Waals surface area contributed by atoms with Crippen LogP contribution >= 0.6 is 34.5 Å². The maximum Gasteiger partial charge on any atom is 0.149 e. The highest BCUT2D eigenvalue weighted by atomic mass is 35.5. The first-order valence-electron chi connectivity index (χ1n) is 5.64. The van der Waals surface area contributed by atoms with Crippen molar-refractivity contribution in [2.45, 2.75) is 19.9 Å². The van der Waals surface area contributed by atoms with Crippen LogP contribution in [0.25, 0.3) is 10.6 Å². The normalized spacial score (nSPS) is 12.7. The summed E-state index contributed by atoms with van der Waals surface area (Å²) < 4.78 is 0. The van der Waals surface area contributed by atoms with E-state index >= 15 is 0 Å². The lowest BCUT2D eigenvalue weighted by Crippen LogP contribution is -2.17. The summed E-state index contributed by atoms with van der Waals surface area (Å²) in [5, 5.41) is 14.5. The molecule has 2 aromatic rings. The van der Waals surface area contributed by atoms with Gasteiger partial charge in [0.25, 0.3) is 0 Å². The van der Waals surface area contributed by atoms with Gasteiger partial charge in [-0.15, -0.1) is 10.2 Å². The van der Waals surface area contributed by atoms with E-state index in [-0.39, 0.29) is 6.04 Å². The predicted molar refractivity (Wildman–Crippen MR) is 77.5 cm³/mol. The highest BCUT2D eigenvalue weighted by Crippen LogP contribution is 2.35. The van der Waals surface area contributed by atoms with E-state index in [1.54, 1.807) is 6.07 Å². The fourth-order valence-electron chi connectivity index (χ4n) is 1.58. The molecule has 1 atom stereocenters. The average molecular weight is 302 g/mol. The van der Waals surface area contributed by atoms with Crippen molar-refractivity contribution in [2.75, 3.05) is 6.54 Å². The molecule has 0 aliphatic carbocycles. The Balaban J connectivity index is 2.32. The third-order valence-electron chi connectivity index (χ3n) is 2.50. The molecule has 3 nitrogen and oxygen atoms in total. The molecule has 0 saturated heterocycles. The first-order valence-corrected chi connectivity index (χ1v) is 7.22. The van der Waals surface area contributed by atoms with Gasteiger partial charge in [-0.3, -0.25) is 0 Å². The molecular formula is C12H13Cl2N3S. The first kappa shape index (κ1) is 13.7. The minimum Gasteiger partial charge on any atom is -0.308 e. The van der Waals surface area contributed by atoms with Crippen LogP contribution in [0, 0.1) is 0 Å². The smallest absolute Gasteiger partial charge is 0.149 e. The van der Waals surface area contributed by atoms with Gasteiger partial charge in [-0.2, -0.15) is 0 Å². The van der Waals surface area contributed by atoms with Crippen molar-refractivity contribution in [2.24, 2.45) is 0 Å². The van der Waals surface area contributed by atoms with Crippen molar-refractivity contribution in [1.82, 2.24) is 15.5 Å². The Labute approximate surface area is 120 Å². The third-order valence-corrected chi connectivity index (χ3v) is 4.46. The van der Waals surface area contributed by atoms with Crippen molar-refractivity contribution < 1.29 is 0 Å². The highest BCUT2D eigenvalue weighted by Gasteiger charge is 2.15. The number of hydrogen-bond donors (Lipinski definition) is 1.